The summed E-state index contributed by atoms with van der Waals surface area (Å²) in [6, 6.07) is 19.5. The number of hydrogen-bond donors (Lipinski definition) is 0. The van der Waals surface area contributed by atoms with Gasteiger partial charge in [-0.3, -0.25) is 9.80 Å². The Morgan fingerprint density at radius 1 is 0.739 bits per heavy atom. The van der Waals surface area contributed by atoms with Gasteiger partial charge >= 0.3 is 0 Å². The maximum Gasteiger partial charge on any atom is 0.205 e. The highest BCUT2D eigenvalue weighted by Gasteiger charge is 2.36. The molecule has 2 atom stereocenters. The lowest BCUT2D eigenvalue weighted by Gasteiger charge is -2.38. The van der Waals surface area contributed by atoms with Gasteiger partial charge in [-0.1, -0.05) is 24.3 Å². The van der Waals surface area contributed by atoms with Crippen molar-refractivity contribution in [2.24, 2.45) is 0 Å². The molecular formula is C38H41BrN2O5. The highest BCUT2D eigenvalue weighted by molar-refractivity contribution is 9.10. The molecule has 7 nitrogen and oxygen atoms in total. The largest absolute Gasteiger partial charge is 0.493 e. The fourth-order valence-electron chi connectivity index (χ4n) is 7.37. The molecule has 0 aromatic heterocycles. The molecule has 0 unspecified atom stereocenters. The van der Waals surface area contributed by atoms with Gasteiger partial charge in [0.1, 0.15) is 11.5 Å². The molecule has 4 aliphatic heterocycles. The van der Waals surface area contributed by atoms with Crippen LogP contribution >= 0.6 is 15.9 Å². The molecule has 8 heteroatoms. The summed E-state index contributed by atoms with van der Waals surface area (Å²) in [6.07, 6.45) is 3.47. The lowest BCUT2D eigenvalue weighted by atomic mass is 9.87. The van der Waals surface area contributed by atoms with Crippen molar-refractivity contribution in [2.75, 3.05) is 48.5 Å². The Kier molecular flexibility index (Phi) is 8.38. The Morgan fingerprint density at radius 3 is 2.17 bits per heavy atom. The molecule has 6 bridgehead atoms. The molecule has 4 aromatic rings. The van der Waals surface area contributed by atoms with Gasteiger partial charge in [0.15, 0.2) is 23.0 Å². The van der Waals surface area contributed by atoms with E-state index in [1.165, 1.54) is 22.3 Å². The average Bonchev–Trinajstić information content (AvgIpc) is 3.05. The smallest absolute Gasteiger partial charge is 0.205 e. The normalized spacial score (nSPS) is 19.3. The highest BCUT2D eigenvalue weighted by atomic mass is 79.9. The van der Waals surface area contributed by atoms with Gasteiger partial charge in [0, 0.05) is 30.7 Å². The first-order valence-corrected chi connectivity index (χ1v) is 16.7. The number of methoxy groups -OCH3 is 3. The minimum atomic E-state index is 0.00563. The van der Waals surface area contributed by atoms with E-state index in [1.54, 1.807) is 21.3 Å². The number of nitrogens with zero attached hydrogens (tertiary/aromatic N) is 2. The summed E-state index contributed by atoms with van der Waals surface area (Å²) in [5.74, 6) is 4.96. The maximum atomic E-state index is 7.10. The number of benzene rings is 4. The third-order valence-electron chi connectivity index (χ3n) is 9.95. The van der Waals surface area contributed by atoms with E-state index in [0.29, 0.717) is 28.7 Å². The number of fused-ring (bicyclic) bond motifs is 2. The first-order valence-electron chi connectivity index (χ1n) is 15.9. The van der Waals surface area contributed by atoms with Crippen molar-refractivity contribution < 1.29 is 23.7 Å². The Morgan fingerprint density at radius 2 is 1.43 bits per heavy atom. The van der Waals surface area contributed by atoms with E-state index in [1.807, 2.05) is 6.07 Å². The second-order valence-electron chi connectivity index (χ2n) is 12.7. The van der Waals surface area contributed by atoms with Crippen molar-refractivity contribution in [1.29, 1.82) is 0 Å². The molecule has 240 valence electrons. The quantitative estimate of drug-likeness (QED) is 0.216. The number of aryl methyl sites for hydroxylation is 1. The van der Waals surface area contributed by atoms with Crippen LogP contribution in [0.2, 0.25) is 0 Å². The van der Waals surface area contributed by atoms with Crippen molar-refractivity contribution >= 4 is 15.9 Å². The first kappa shape index (κ1) is 30.9. The van der Waals surface area contributed by atoms with Gasteiger partial charge < -0.3 is 23.7 Å². The van der Waals surface area contributed by atoms with Crippen molar-refractivity contribution in [3.8, 4) is 40.2 Å². The van der Waals surface area contributed by atoms with E-state index >= 15 is 0 Å². The van der Waals surface area contributed by atoms with Gasteiger partial charge in [0.05, 0.1) is 25.8 Å². The summed E-state index contributed by atoms with van der Waals surface area (Å²) >= 11 is 3.90. The minimum absolute atomic E-state index is 0.00563. The molecule has 0 radical (unpaired) electrons. The minimum Gasteiger partial charge on any atom is -0.493 e. The Bertz CT molecular complexity index is 1790. The van der Waals surface area contributed by atoms with Crippen LogP contribution in [0.4, 0.5) is 0 Å². The average molecular weight is 686 g/mol. The molecule has 0 saturated heterocycles. The SMILES string of the molecule is COc1ccc2cc1Oc1ccc(cc1)C[C@H]1c3cc(c(C)cc3CCN1C)Oc1c(OC)c(OC)c(Br)c3c1[C@H](C2)N(C)CC3. The summed E-state index contributed by atoms with van der Waals surface area (Å²) in [4.78, 5) is 4.86. The van der Waals surface area contributed by atoms with E-state index in [4.69, 9.17) is 23.7 Å². The lowest BCUT2D eigenvalue weighted by molar-refractivity contribution is 0.220. The lowest BCUT2D eigenvalue weighted by Crippen LogP contribution is -2.34. The number of halogens is 1. The van der Waals surface area contributed by atoms with Crippen molar-refractivity contribution in [3.63, 3.8) is 0 Å². The molecule has 4 aromatic carbocycles. The Labute approximate surface area is 280 Å². The Hall–Kier alpha value is -3.72. The molecule has 0 N–H and O–H groups in total. The molecule has 0 saturated carbocycles. The van der Waals surface area contributed by atoms with E-state index < -0.39 is 0 Å². The summed E-state index contributed by atoms with van der Waals surface area (Å²) in [7, 11) is 9.45. The van der Waals surface area contributed by atoms with Crippen molar-refractivity contribution in [2.45, 2.75) is 44.7 Å². The zero-order valence-corrected chi connectivity index (χ0v) is 29.0. The van der Waals surface area contributed by atoms with Crippen LogP contribution in [-0.4, -0.2) is 58.3 Å². The summed E-state index contributed by atoms with van der Waals surface area (Å²) < 4.78 is 32.3. The zero-order chi connectivity index (χ0) is 32.1. The van der Waals surface area contributed by atoms with Crippen LogP contribution in [0.25, 0.3) is 0 Å². The zero-order valence-electron chi connectivity index (χ0n) is 27.4. The highest BCUT2D eigenvalue weighted by Crippen LogP contribution is 2.54. The Balaban J connectivity index is 1.48. The molecular weight excluding hydrogens is 644 g/mol. The third-order valence-corrected chi connectivity index (χ3v) is 10.8. The van der Waals surface area contributed by atoms with Gasteiger partial charge in [0.2, 0.25) is 5.75 Å². The van der Waals surface area contributed by atoms with Gasteiger partial charge in [-0.05, 0) is 126 Å². The summed E-state index contributed by atoms with van der Waals surface area (Å²) in [6.45, 7) is 4.04. The number of hydrogen-bond acceptors (Lipinski definition) is 7. The fraction of sp³-hybridized carbons (Fsp3) is 0.368. The van der Waals surface area contributed by atoms with Crippen LogP contribution in [0, 0.1) is 6.92 Å². The molecule has 8 rings (SSSR count). The van der Waals surface area contributed by atoms with Gasteiger partial charge in [-0.2, -0.15) is 0 Å². The van der Waals surface area contributed by atoms with Crippen LogP contribution in [0.1, 0.15) is 51.0 Å². The monoisotopic (exact) mass is 684 g/mol. The molecule has 0 spiro atoms. The molecule has 0 fully saturated rings. The second kappa shape index (κ2) is 12.5. The van der Waals surface area contributed by atoms with Crippen LogP contribution in [0.15, 0.2) is 59.1 Å². The summed E-state index contributed by atoms with van der Waals surface area (Å²) in [5, 5.41) is 0. The topological polar surface area (TPSA) is 52.6 Å². The fourth-order valence-corrected chi connectivity index (χ4v) is 8.12. The summed E-state index contributed by atoms with van der Waals surface area (Å²) in [5.41, 5.74) is 8.47. The molecule has 4 aliphatic rings. The van der Waals surface area contributed by atoms with Crippen LogP contribution in [0.5, 0.6) is 40.2 Å². The number of rotatable bonds is 3. The van der Waals surface area contributed by atoms with Crippen LogP contribution in [0.3, 0.4) is 0 Å². The predicted octanol–water partition coefficient (Wildman–Crippen LogP) is 8.22. The van der Waals surface area contributed by atoms with Gasteiger partial charge in [-0.25, -0.2) is 0 Å². The molecule has 0 amide bonds. The number of likely N-dealkylation sites (N-methyl/N-ethyl adjacent to an activating group) is 2. The van der Waals surface area contributed by atoms with Crippen LogP contribution < -0.4 is 23.7 Å². The third kappa shape index (κ3) is 5.40. The van der Waals surface area contributed by atoms with Crippen molar-refractivity contribution in [1.82, 2.24) is 9.80 Å². The maximum absolute atomic E-state index is 7.10. The van der Waals surface area contributed by atoms with Crippen LogP contribution in [-0.2, 0) is 25.7 Å². The standard InChI is InChI=1S/C38H41BrN2O5/c1-22-17-25-13-15-40(2)29-18-23-7-10-26(11-8-23)45-33-20-24(9-12-31(33)42-4)19-30-34-27(14-16-41(30)3)35(39)37(43-5)38(44-6)36(34)46-32(22)21-28(25)29/h7-12,17,20-21,29-30H,13-16,18-19H2,1-6H3/t29-,30-/m0/s1. The van der Waals surface area contributed by atoms with E-state index in [9.17, 15) is 0 Å². The molecule has 4 heterocycles. The second-order valence-corrected chi connectivity index (χ2v) is 13.4. The predicted molar refractivity (Wildman–Crippen MR) is 184 cm³/mol. The molecule has 46 heavy (non-hydrogen) atoms. The molecule has 0 aliphatic carbocycles. The van der Waals surface area contributed by atoms with E-state index in [2.05, 4.69) is 95.3 Å². The number of ether oxygens (including phenoxy) is 5. The van der Waals surface area contributed by atoms with Crippen molar-refractivity contribution in [3.05, 3.63) is 98.0 Å². The van der Waals surface area contributed by atoms with Gasteiger partial charge in [0.25, 0.3) is 0 Å². The van der Waals surface area contributed by atoms with E-state index in [0.717, 1.165) is 71.4 Å². The van der Waals surface area contributed by atoms with Gasteiger partial charge in [-0.15, -0.1) is 0 Å². The first-order chi connectivity index (χ1) is 22.3. The van der Waals surface area contributed by atoms with E-state index in [-0.39, 0.29) is 12.1 Å².